The normalized spacial score (nSPS) is 19.5. The van der Waals surface area contributed by atoms with E-state index in [0.29, 0.717) is 50.3 Å². The van der Waals surface area contributed by atoms with Gasteiger partial charge in [-0.1, -0.05) is 30.8 Å². The third-order valence-corrected chi connectivity index (χ3v) is 11.0. The van der Waals surface area contributed by atoms with Gasteiger partial charge >= 0.3 is 6.18 Å². The van der Waals surface area contributed by atoms with Crippen molar-refractivity contribution in [1.29, 1.82) is 0 Å². The number of ether oxygens (including phenoxy) is 1. The second-order valence-corrected chi connectivity index (χ2v) is 14.3. The predicted octanol–water partition coefficient (Wildman–Crippen LogP) is 3.50. The van der Waals surface area contributed by atoms with Crippen molar-refractivity contribution in [3.05, 3.63) is 76.7 Å². The summed E-state index contributed by atoms with van der Waals surface area (Å²) in [6.07, 6.45) is -3.30. The second kappa shape index (κ2) is 12.8. The van der Waals surface area contributed by atoms with Gasteiger partial charge in [0.1, 0.15) is 0 Å². The Bertz CT molecular complexity index is 1490. The van der Waals surface area contributed by atoms with Crippen LogP contribution in [0.15, 0.2) is 64.9 Å². The number of hydrogen-bond acceptors (Lipinski definition) is 6. The molecule has 2 aliphatic rings. The summed E-state index contributed by atoms with van der Waals surface area (Å²) in [6, 6.07) is 9.99. The molecule has 230 valence electrons. The first-order valence-electron chi connectivity index (χ1n) is 13.5. The van der Waals surface area contributed by atoms with Crippen LogP contribution in [0.2, 0.25) is 0 Å². The SMILES string of the molecule is C=C(C)S(=O)(=O)NCC1CCCN1S(=O)(=O)c1ccc(C(Cc2ccc(C(F)(F)F)cc2)C(=O)N2CCOCC2)cc1. The fraction of sp³-hybridized carbons (Fsp3) is 0.464. The number of rotatable bonds is 10. The molecule has 0 radical (unpaired) electrons. The van der Waals surface area contributed by atoms with E-state index in [2.05, 4.69) is 11.3 Å². The van der Waals surface area contributed by atoms with E-state index in [0.717, 1.165) is 12.1 Å². The average molecular weight is 630 g/mol. The molecule has 2 heterocycles. The number of sulfonamides is 2. The lowest BCUT2D eigenvalue weighted by molar-refractivity contribution is -0.138. The molecule has 2 unspecified atom stereocenters. The van der Waals surface area contributed by atoms with Crippen LogP contribution in [0, 0.1) is 0 Å². The zero-order valence-corrected chi connectivity index (χ0v) is 24.8. The highest BCUT2D eigenvalue weighted by Crippen LogP contribution is 2.32. The lowest BCUT2D eigenvalue weighted by Crippen LogP contribution is -2.43. The van der Waals surface area contributed by atoms with Crippen molar-refractivity contribution < 1.29 is 39.5 Å². The van der Waals surface area contributed by atoms with Gasteiger partial charge in [0.25, 0.3) is 0 Å². The van der Waals surface area contributed by atoms with Gasteiger partial charge < -0.3 is 9.64 Å². The Labute approximate surface area is 244 Å². The zero-order chi connectivity index (χ0) is 30.7. The third-order valence-electron chi connectivity index (χ3n) is 7.52. The van der Waals surface area contributed by atoms with Crippen molar-refractivity contribution in [2.75, 3.05) is 39.4 Å². The van der Waals surface area contributed by atoms with E-state index in [4.69, 9.17) is 4.74 Å². The summed E-state index contributed by atoms with van der Waals surface area (Å²) >= 11 is 0. The maximum absolute atomic E-state index is 13.6. The molecular weight excluding hydrogens is 595 g/mol. The minimum absolute atomic E-state index is 0.00647. The summed E-state index contributed by atoms with van der Waals surface area (Å²) < 4.78 is 99.5. The molecule has 42 heavy (non-hydrogen) atoms. The Morgan fingerprint density at radius 2 is 1.64 bits per heavy atom. The van der Waals surface area contributed by atoms with Crippen molar-refractivity contribution in [3.8, 4) is 0 Å². The van der Waals surface area contributed by atoms with Gasteiger partial charge in [-0.25, -0.2) is 21.6 Å². The van der Waals surface area contributed by atoms with Crippen LogP contribution in [0.5, 0.6) is 0 Å². The van der Waals surface area contributed by atoms with Crippen molar-refractivity contribution >= 4 is 26.0 Å². The van der Waals surface area contributed by atoms with Crippen LogP contribution in [-0.2, 0) is 42.2 Å². The predicted molar refractivity (Wildman–Crippen MR) is 150 cm³/mol. The zero-order valence-electron chi connectivity index (χ0n) is 23.1. The lowest BCUT2D eigenvalue weighted by atomic mass is 9.90. The van der Waals surface area contributed by atoms with Gasteiger partial charge in [0.05, 0.1) is 29.6 Å². The highest BCUT2D eigenvalue weighted by atomic mass is 32.2. The Kier molecular flexibility index (Phi) is 9.82. The Balaban J connectivity index is 1.57. The number of carbonyl (C=O) groups is 1. The van der Waals surface area contributed by atoms with E-state index in [1.165, 1.54) is 35.5 Å². The summed E-state index contributed by atoms with van der Waals surface area (Å²) in [4.78, 5) is 15.1. The fourth-order valence-corrected chi connectivity index (χ4v) is 7.43. The number of hydrogen-bond donors (Lipinski definition) is 1. The van der Waals surface area contributed by atoms with Gasteiger partial charge in [-0.15, -0.1) is 0 Å². The van der Waals surface area contributed by atoms with Gasteiger partial charge in [0.2, 0.25) is 26.0 Å². The highest BCUT2D eigenvalue weighted by Gasteiger charge is 2.36. The van der Waals surface area contributed by atoms with Crippen molar-refractivity contribution in [3.63, 3.8) is 0 Å². The second-order valence-electron chi connectivity index (χ2n) is 10.4. The summed E-state index contributed by atoms with van der Waals surface area (Å²) in [6.45, 7) is 6.42. The average Bonchev–Trinajstić information content (AvgIpc) is 3.45. The molecule has 9 nitrogen and oxygen atoms in total. The number of nitrogens with zero attached hydrogens (tertiary/aromatic N) is 2. The van der Waals surface area contributed by atoms with Gasteiger partial charge in [-0.05, 0) is 61.6 Å². The van der Waals surface area contributed by atoms with Crippen LogP contribution in [0.4, 0.5) is 13.2 Å². The van der Waals surface area contributed by atoms with Crippen LogP contribution in [-0.4, -0.2) is 77.4 Å². The Morgan fingerprint density at radius 1 is 1.02 bits per heavy atom. The van der Waals surface area contributed by atoms with Crippen LogP contribution in [0.25, 0.3) is 0 Å². The number of morpholine rings is 1. The molecule has 4 rings (SSSR count). The molecule has 0 spiro atoms. The molecular formula is C28H34F3N3O6S2. The van der Waals surface area contributed by atoms with Gasteiger partial charge in [0.15, 0.2) is 0 Å². The number of amides is 1. The molecule has 2 aromatic carbocycles. The first kappa shape index (κ1) is 32.1. The molecule has 2 atom stereocenters. The molecule has 2 aliphatic heterocycles. The molecule has 2 saturated heterocycles. The van der Waals surface area contributed by atoms with Gasteiger partial charge in [0, 0.05) is 37.1 Å². The van der Waals surface area contributed by atoms with Crippen LogP contribution in [0.1, 0.15) is 42.4 Å². The van der Waals surface area contributed by atoms with Crippen molar-refractivity contribution in [2.24, 2.45) is 0 Å². The van der Waals surface area contributed by atoms with Crippen molar-refractivity contribution in [2.45, 2.75) is 49.2 Å². The van der Waals surface area contributed by atoms with Gasteiger partial charge in [-0.3, -0.25) is 4.79 Å². The number of benzene rings is 2. The molecule has 2 aromatic rings. The van der Waals surface area contributed by atoms with Crippen molar-refractivity contribution in [1.82, 2.24) is 13.9 Å². The van der Waals surface area contributed by atoms with E-state index < -0.39 is 43.7 Å². The van der Waals surface area contributed by atoms with E-state index >= 15 is 0 Å². The maximum Gasteiger partial charge on any atom is 0.416 e. The summed E-state index contributed by atoms with van der Waals surface area (Å²) in [5, 5.41) is 0. The van der Waals surface area contributed by atoms with Crippen LogP contribution in [0.3, 0.4) is 0 Å². The minimum Gasteiger partial charge on any atom is -0.378 e. The lowest BCUT2D eigenvalue weighted by Gasteiger charge is -2.31. The highest BCUT2D eigenvalue weighted by molar-refractivity contribution is 7.93. The number of carbonyl (C=O) groups excluding carboxylic acids is 1. The molecule has 0 bridgehead atoms. The maximum atomic E-state index is 13.6. The van der Waals surface area contributed by atoms with E-state index in [1.54, 1.807) is 17.0 Å². The van der Waals surface area contributed by atoms with E-state index in [1.807, 2.05) is 0 Å². The molecule has 0 saturated carbocycles. The van der Waals surface area contributed by atoms with Crippen LogP contribution < -0.4 is 4.72 Å². The third kappa shape index (κ3) is 7.40. The molecule has 2 fully saturated rings. The van der Waals surface area contributed by atoms with Gasteiger partial charge in [-0.2, -0.15) is 17.5 Å². The first-order chi connectivity index (χ1) is 19.7. The number of allylic oxidation sites excluding steroid dienone is 1. The quantitative estimate of drug-likeness (QED) is 0.431. The minimum atomic E-state index is -4.48. The molecule has 0 aromatic heterocycles. The number of halogens is 3. The van der Waals surface area contributed by atoms with Crippen LogP contribution >= 0.6 is 0 Å². The topological polar surface area (TPSA) is 113 Å². The molecule has 14 heteroatoms. The number of alkyl halides is 3. The molecule has 1 amide bonds. The smallest absolute Gasteiger partial charge is 0.378 e. The van der Waals surface area contributed by atoms with E-state index in [-0.39, 0.29) is 35.2 Å². The number of nitrogens with one attached hydrogen (secondary N) is 1. The Morgan fingerprint density at radius 3 is 2.21 bits per heavy atom. The largest absolute Gasteiger partial charge is 0.416 e. The summed E-state index contributed by atoms with van der Waals surface area (Å²) in [5.41, 5.74) is 0.269. The molecule has 1 N–H and O–H groups in total. The first-order valence-corrected chi connectivity index (χ1v) is 16.4. The Hall–Kier alpha value is -2.78. The van der Waals surface area contributed by atoms with E-state index in [9.17, 15) is 34.8 Å². The summed E-state index contributed by atoms with van der Waals surface area (Å²) in [5.74, 6) is -0.981. The monoisotopic (exact) mass is 629 g/mol. The molecule has 0 aliphatic carbocycles. The fourth-order valence-electron chi connectivity index (χ4n) is 5.08. The summed E-state index contributed by atoms with van der Waals surface area (Å²) in [7, 11) is -7.73. The standard InChI is InChI=1S/C28H34F3N3O6S2/c1-20(2)41(36,37)32-19-24-4-3-13-34(24)42(38,39)25-11-7-22(8-12-25)26(27(35)33-14-16-40-17-15-33)18-21-5-9-23(10-6-21)28(29,30)31/h5-12,24,26,32H,1,3-4,13-19H2,2H3.